The average Bonchev–Trinajstić information content (AvgIpc) is 3.16. The van der Waals surface area contributed by atoms with E-state index in [2.05, 4.69) is 20.8 Å². The first-order valence-electron chi connectivity index (χ1n) is 8.65. The molecule has 3 aromatic rings. The van der Waals surface area contributed by atoms with Crippen LogP contribution in [0.1, 0.15) is 5.56 Å². The third kappa shape index (κ3) is 4.36. The predicted molar refractivity (Wildman–Crippen MR) is 111 cm³/mol. The molecule has 0 saturated heterocycles. The summed E-state index contributed by atoms with van der Waals surface area (Å²) >= 11 is 7.48. The third-order valence-corrected chi connectivity index (χ3v) is 5.39. The molecule has 0 fully saturated rings. The maximum absolute atomic E-state index is 12.4. The van der Waals surface area contributed by atoms with Gasteiger partial charge in [0.2, 0.25) is 5.91 Å². The Labute approximate surface area is 175 Å². The van der Waals surface area contributed by atoms with E-state index < -0.39 is 0 Å². The molecule has 2 heterocycles. The average molecular weight is 430 g/mol. The number of carbonyl (C=O) groups excluding carboxylic acids is 2. The molecule has 1 aromatic heterocycles. The molecule has 1 aliphatic heterocycles. The van der Waals surface area contributed by atoms with Crippen molar-refractivity contribution in [3.8, 4) is 11.4 Å². The molecule has 8 nitrogen and oxygen atoms in total. The first-order chi connectivity index (χ1) is 14.0. The third-order valence-electron chi connectivity index (χ3n) is 4.14. The molecule has 1 aliphatic rings. The van der Waals surface area contributed by atoms with Gasteiger partial charge in [-0.15, -0.1) is 10.2 Å². The number of ether oxygens (including phenoxy) is 1. The summed E-state index contributed by atoms with van der Waals surface area (Å²) in [7, 11) is 0. The molecule has 0 unspecified atom stereocenters. The van der Waals surface area contributed by atoms with Crippen LogP contribution in [0.15, 0.2) is 47.9 Å². The van der Waals surface area contributed by atoms with Crippen LogP contribution in [0, 0.1) is 6.92 Å². The number of aromatic nitrogens is 3. The van der Waals surface area contributed by atoms with Gasteiger partial charge in [-0.05, 0) is 25.1 Å². The molecule has 148 valence electrons. The summed E-state index contributed by atoms with van der Waals surface area (Å²) in [6, 6.07) is 11.1. The number of aryl methyl sites for hydroxylation is 1. The van der Waals surface area contributed by atoms with Crippen molar-refractivity contribution in [2.24, 2.45) is 0 Å². The lowest BCUT2D eigenvalue weighted by molar-refractivity contribution is -0.118. The minimum atomic E-state index is -0.254. The minimum Gasteiger partial charge on any atom is -0.482 e. The van der Waals surface area contributed by atoms with E-state index in [-0.39, 0.29) is 24.2 Å². The molecule has 10 heteroatoms. The van der Waals surface area contributed by atoms with Crippen LogP contribution in [0.3, 0.4) is 0 Å². The second-order valence-electron chi connectivity index (χ2n) is 6.32. The van der Waals surface area contributed by atoms with Gasteiger partial charge in [0.25, 0.3) is 5.91 Å². The second-order valence-corrected chi connectivity index (χ2v) is 7.67. The fourth-order valence-electron chi connectivity index (χ4n) is 2.72. The van der Waals surface area contributed by atoms with E-state index >= 15 is 0 Å². The number of rotatable bonds is 5. The largest absolute Gasteiger partial charge is 0.482 e. The van der Waals surface area contributed by atoms with Gasteiger partial charge in [-0.25, -0.2) is 0 Å². The number of nitrogens with zero attached hydrogens (tertiary/aromatic N) is 3. The number of fused-ring (bicyclic) bond motifs is 1. The van der Waals surface area contributed by atoms with Gasteiger partial charge in [-0.3, -0.25) is 14.2 Å². The zero-order valence-electron chi connectivity index (χ0n) is 15.3. The fourth-order valence-corrected chi connectivity index (χ4v) is 3.66. The Kier molecular flexibility index (Phi) is 5.41. The normalized spacial score (nSPS) is 12.7. The predicted octanol–water partition coefficient (Wildman–Crippen LogP) is 3.29. The number of nitrogens with one attached hydrogen (secondary N) is 2. The highest BCUT2D eigenvalue weighted by Crippen LogP contribution is 2.36. The van der Waals surface area contributed by atoms with Crippen molar-refractivity contribution >= 4 is 46.6 Å². The molecular weight excluding hydrogens is 414 g/mol. The number of hydrogen-bond donors (Lipinski definition) is 2. The molecule has 0 atom stereocenters. The van der Waals surface area contributed by atoms with Gasteiger partial charge < -0.3 is 15.4 Å². The van der Waals surface area contributed by atoms with E-state index in [4.69, 9.17) is 16.3 Å². The number of amides is 2. The first kappa shape index (κ1) is 19.3. The van der Waals surface area contributed by atoms with Gasteiger partial charge in [-0.2, -0.15) is 0 Å². The van der Waals surface area contributed by atoms with Gasteiger partial charge in [0, 0.05) is 11.8 Å². The molecule has 0 saturated carbocycles. The Hall–Kier alpha value is -3.04. The molecule has 0 bridgehead atoms. The highest BCUT2D eigenvalue weighted by Gasteiger charge is 2.19. The summed E-state index contributed by atoms with van der Waals surface area (Å²) < 4.78 is 7.18. The summed E-state index contributed by atoms with van der Waals surface area (Å²) in [6.07, 6.45) is 1.61. The lowest BCUT2D eigenvalue weighted by Gasteiger charge is -2.19. The van der Waals surface area contributed by atoms with Crippen molar-refractivity contribution in [2.75, 3.05) is 23.0 Å². The molecule has 0 aliphatic carbocycles. The number of benzene rings is 2. The zero-order valence-corrected chi connectivity index (χ0v) is 16.9. The topological polar surface area (TPSA) is 98.1 Å². The molecule has 4 rings (SSSR count). The number of halogens is 1. The Morgan fingerprint density at radius 1 is 1.34 bits per heavy atom. The molecule has 0 radical (unpaired) electrons. The summed E-state index contributed by atoms with van der Waals surface area (Å²) in [4.78, 5) is 23.8. The van der Waals surface area contributed by atoms with Gasteiger partial charge in [0.05, 0.1) is 22.2 Å². The van der Waals surface area contributed by atoms with Crippen LogP contribution < -0.4 is 15.4 Å². The van der Waals surface area contributed by atoms with Gasteiger partial charge >= 0.3 is 0 Å². The van der Waals surface area contributed by atoms with Crippen LogP contribution in [-0.4, -0.2) is 38.9 Å². The lowest BCUT2D eigenvalue weighted by Crippen LogP contribution is -2.25. The molecule has 2 N–H and O–H groups in total. The van der Waals surface area contributed by atoms with Crippen molar-refractivity contribution in [1.82, 2.24) is 14.8 Å². The van der Waals surface area contributed by atoms with Crippen molar-refractivity contribution < 1.29 is 14.3 Å². The smallest absolute Gasteiger partial charge is 0.262 e. The van der Waals surface area contributed by atoms with E-state index in [0.717, 1.165) is 11.3 Å². The number of hydrogen-bond acceptors (Lipinski definition) is 6. The van der Waals surface area contributed by atoms with Gasteiger partial charge in [-0.1, -0.05) is 41.1 Å². The van der Waals surface area contributed by atoms with Crippen LogP contribution >= 0.6 is 23.4 Å². The van der Waals surface area contributed by atoms with Crippen LogP contribution in [0.2, 0.25) is 5.02 Å². The highest BCUT2D eigenvalue weighted by molar-refractivity contribution is 7.99. The van der Waals surface area contributed by atoms with Crippen LogP contribution in [0.5, 0.6) is 5.75 Å². The maximum Gasteiger partial charge on any atom is 0.262 e. The van der Waals surface area contributed by atoms with Crippen LogP contribution in [0.25, 0.3) is 5.69 Å². The van der Waals surface area contributed by atoms with Crippen LogP contribution in [-0.2, 0) is 9.59 Å². The van der Waals surface area contributed by atoms with Gasteiger partial charge in [0.1, 0.15) is 12.1 Å². The summed E-state index contributed by atoms with van der Waals surface area (Å²) in [5.41, 5.74) is 2.96. The standard InChI is InChI=1S/C19H16ClN5O3S/c1-11-2-4-12(5-3-11)25-10-21-24-19(25)29-9-18(27)22-14-7-16-15(6-13(14)20)23-17(26)8-28-16/h2-7,10H,8-9H2,1H3,(H,22,27)(H,23,26). The first-order valence-corrected chi connectivity index (χ1v) is 10.0. The Balaban J connectivity index is 1.42. The number of carbonyl (C=O) groups is 2. The van der Waals surface area contributed by atoms with E-state index in [1.807, 2.05) is 35.8 Å². The molecule has 2 aromatic carbocycles. The van der Waals surface area contributed by atoms with Crippen molar-refractivity contribution in [3.05, 3.63) is 53.3 Å². The monoisotopic (exact) mass is 429 g/mol. The minimum absolute atomic E-state index is 0.0768. The van der Waals surface area contributed by atoms with Crippen LogP contribution in [0.4, 0.5) is 11.4 Å². The Morgan fingerprint density at radius 2 is 2.14 bits per heavy atom. The number of anilines is 2. The lowest BCUT2D eigenvalue weighted by atomic mass is 10.2. The zero-order chi connectivity index (χ0) is 20.4. The van der Waals surface area contributed by atoms with E-state index in [1.54, 1.807) is 18.5 Å². The fraction of sp³-hybridized carbons (Fsp3) is 0.158. The Morgan fingerprint density at radius 3 is 2.93 bits per heavy atom. The van der Waals surface area contributed by atoms with E-state index in [1.165, 1.54) is 11.8 Å². The number of thioether (sulfide) groups is 1. The van der Waals surface area contributed by atoms with E-state index in [9.17, 15) is 9.59 Å². The molecule has 0 spiro atoms. The van der Waals surface area contributed by atoms with E-state index in [0.29, 0.717) is 27.3 Å². The second kappa shape index (κ2) is 8.14. The SMILES string of the molecule is Cc1ccc(-n2cnnc2SCC(=O)Nc2cc3c(cc2Cl)NC(=O)CO3)cc1. The molecular formula is C19H16ClN5O3S. The summed E-state index contributed by atoms with van der Waals surface area (Å²) in [6.45, 7) is 1.94. The van der Waals surface area contributed by atoms with Gasteiger partial charge in [0.15, 0.2) is 11.8 Å². The van der Waals surface area contributed by atoms with Crippen molar-refractivity contribution in [3.63, 3.8) is 0 Å². The molecule has 29 heavy (non-hydrogen) atoms. The van der Waals surface area contributed by atoms with Crippen molar-refractivity contribution in [2.45, 2.75) is 12.1 Å². The molecule has 2 amide bonds. The quantitative estimate of drug-likeness (QED) is 0.604. The summed E-state index contributed by atoms with van der Waals surface area (Å²) in [5.74, 6) is 0.0703. The highest BCUT2D eigenvalue weighted by atomic mass is 35.5. The maximum atomic E-state index is 12.4. The Bertz CT molecular complexity index is 1080. The summed E-state index contributed by atoms with van der Waals surface area (Å²) in [5, 5.41) is 14.4. The van der Waals surface area contributed by atoms with Crippen molar-refractivity contribution in [1.29, 1.82) is 0 Å².